The van der Waals surface area contributed by atoms with E-state index in [9.17, 15) is 0 Å². The fourth-order valence-electron chi connectivity index (χ4n) is 2.00. The molecule has 16 heavy (non-hydrogen) atoms. The molecule has 0 spiro atoms. The van der Waals surface area contributed by atoms with Crippen LogP contribution in [0, 0.1) is 0 Å². The predicted octanol–water partition coefficient (Wildman–Crippen LogP) is 0.576. The Labute approximate surface area is 96.2 Å². The zero-order chi connectivity index (χ0) is 11.4. The molecule has 5 heteroatoms. The Morgan fingerprint density at radius 2 is 2.56 bits per heavy atom. The third kappa shape index (κ3) is 3.21. The molecule has 0 aromatic carbocycles. The maximum Gasteiger partial charge on any atom is 0.145 e. The molecule has 2 N–H and O–H groups in total. The molecule has 1 fully saturated rings. The maximum atomic E-state index is 5.60. The monoisotopic (exact) mass is 224 g/mol. The van der Waals surface area contributed by atoms with Gasteiger partial charge in [-0.3, -0.25) is 4.68 Å². The number of nitrogens with two attached hydrogens (primary N) is 1. The van der Waals surface area contributed by atoms with Gasteiger partial charge in [0.25, 0.3) is 0 Å². The standard InChI is InChI=1S/C11H20N4O/c1-14(9-10-3-2-8-16-10)6-7-15-5-4-11(12)13-15/h4-5,10H,2-3,6-9H2,1H3,(H2,12,13). The molecule has 1 unspecified atom stereocenters. The Morgan fingerprint density at radius 1 is 1.69 bits per heavy atom. The number of rotatable bonds is 5. The van der Waals surface area contributed by atoms with E-state index in [2.05, 4.69) is 17.0 Å². The quantitative estimate of drug-likeness (QED) is 0.794. The van der Waals surface area contributed by atoms with Crippen LogP contribution in [0.5, 0.6) is 0 Å². The van der Waals surface area contributed by atoms with E-state index >= 15 is 0 Å². The van der Waals surface area contributed by atoms with Gasteiger partial charge in [-0.25, -0.2) is 0 Å². The third-order valence-electron chi connectivity index (χ3n) is 2.91. The lowest BCUT2D eigenvalue weighted by atomic mass is 10.2. The first kappa shape index (κ1) is 11.4. The summed E-state index contributed by atoms with van der Waals surface area (Å²) in [4.78, 5) is 2.29. The van der Waals surface area contributed by atoms with Crippen LogP contribution in [-0.2, 0) is 11.3 Å². The van der Waals surface area contributed by atoms with Crippen LogP contribution in [-0.4, -0.2) is 47.5 Å². The van der Waals surface area contributed by atoms with Crippen molar-refractivity contribution in [3.8, 4) is 0 Å². The molecule has 1 atom stereocenters. The minimum absolute atomic E-state index is 0.424. The highest BCUT2D eigenvalue weighted by Gasteiger charge is 2.16. The number of hydrogen-bond donors (Lipinski definition) is 1. The second-order valence-corrected chi connectivity index (χ2v) is 4.40. The highest BCUT2D eigenvalue weighted by atomic mass is 16.5. The zero-order valence-corrected chi connectivity index (χ0v) is 9.80. The number of aromatic nitrogens is 2. The number of hydrogen-bond acceptors (Lipinski definition) is 4. The van der Waals surface area contributed by atoms with Crippen LogP contribution in [0.15, 0.2) is 12.3 Å². The summed E-state index contributed by atoms with van der Waals surface area (Å²) in [5, 5.41) is 4.15. The molecule has 1 aliphatic rings. The summed E-state index contributed by atoms with van der Waals surface area (Å²) in [6.07, 6.45) is 4.73. The normalized spacial score (nSPS) is 20.8. The smallest absolute Gasteiger partial charge is 0.145 e. The molecule has 2 heterocycles. The summed E-state index contributed by atoms with van der Waals surface area (Å²) in [7, 11) is 2.12. The molecule has 2 rings (SSSR count). The van der Waals surface area contributed by atoms with Gasteiger partial charge >= 0.3 is 0 Å². The van der Waals surface area contributed by atoms with Gasteiger partial charge in [0.05, 0.1) is 12.6 Å². The van der Waals surface area contributed by atoms with Crippen molar-refractivity contribution in [2.75, 3.05) is 32.5 Å². The van der Waals surface area contributed by atoms with Crippen LogP contribution in [0.2, 0.25) is 0 Å². The summed E-state index contributed by atoms with van der Waals surface area (Å²) in [6.45, 7) is 3.78. The van der Waals surface area contributed by atoms with Gasteiger partial charge in [0.2, 0.25) is 0 Å². The van der Waals surface area contributed by atoms with Crippen LogP contribution < -0.4 is 5.73 Å². The summed E-state index contributed by atoms with van der Waals surface area (Å²) in [5.41, 5.74) is 5.55. The van der Waals surface area contributed by atoms with Gasteiger partial charge in [-0.15, -0.1) is 0 Å². The summed E-state index contributed by atoms with van der Waals surface area (Å²) in [5.74, 6) is 0.585. The van der Waals surface area contributed by atoms with E-state index in [1.165, 1.54) is 12.8 Å². The molecule has 1 saturated heterocycles. The fraction of sp³-hybridized carbons (Fsp3) is 0.727. The van der Waals surface area contributed by atoms with Crippen molar-refractivity contribution in [3.05, 3.63) is 12.3 Å². The minimum Gasteiger partial charge on any atom is -0.382 e. The lowest BCUT2D eigenvalue weighted by molar-refractivity contribution is 0.0800. The molecule has 0 amide bonds. The van der Waals surface area contributed by atoms with Crippen LogP contribution in [0.1, 0.15) is 12.8 Å². The molecule has 1 aliphatic heterocycles. The summed E-state index contributed by atoms with van der Waals surface area (Å²) in [6, 6.07) is 1.82. The molecular formula is C11H20N4O. The minimum atomic E-state index is 0.424. The topological polar surface area (TPSA) is 56.3 Å². The fourth-order valence-corrected chi connectivity index (χ4v) is 2.00. The Kier molecular flexibility index (Phi) is 3.79. The first-order valence-electron chi connectivity index (χ1n) is 5.83. The van der Waals surface area contributed by atoms with E-state index in [-0.39, 0.29) is 0 Å². The van der Waals surface area contributed by atoms with E-state index < -0.39 is 0 Å². The van der Waals surface area contributed by atoms with Crippen molar-refractivity contribution in [1.82, 2.24) is 14.7 Å². The SMILES string of the molecule is CN(CCn1ccc(N)n1)CC1CCCO1. The number of nitrogens with zero attached hydrogens (tertiary/aromatic N) is 3. The first-order chi connectivity index (χ1) is 7.74. The molecule has 5 nitrogen and oxygen atoms in total. The molecule has 0 saturated carbocycles. The van der Waals surface area contributed by atoms with Crippen molar-refractivity contribution in [3.63, 3.8) is 0 Å². The Morgan fingerprint density at radius 3 is 3.19 bits per heavy atom. The molecule has 90 valence electrons. The first-order valence-corrected chi connectivity index (χ1v) is 5.83. The van der Waals surface area contributed by atoms with Gasteiger partial charge in [0, 0.05) is 25.9 Å². The van der Waals surface area contributed by atoms with Crippen molar-refractivity contribution < 1.29 is 4.74 Å². The van der Waals surface area contributed by atoms with E-state index in [1.54, 1.807) is 0 Å². The summed E-state index contributed by atoms with van der Waals surface area (Å²) >= 11 is 0. The highest BCUT2D eigenvalue weighted by Crippen LogP contribution is 2.12. The van der Waals surface area contributed by atoms with Gasteiger partial charge in [-0.2, -0.15) is 5.10 Å². The Bertz CT molecular complexity index is 320. The van der Waals surface area contributed by atoms with E-state index in [4.69, 9.17) is 10.5 Å². The van der Waals surface area contributed by atoms with Crippen LogP contribution in [0.4, 0.5) is 5.82 Å². The van der Waals surface area contributed by atoms with Crippen molar-refractivity contribution in [2.24, 2.45) is 0 Å². The number of nitrogen functional groups attached to an aromatic ring is 1. The Balaban J connectivity index is 1.68. The molecular weight excluding hydrogens is 204 g/mol. The molecule has 1 aromatic rings. The highest BCUT2D eigenvalue weighted by molar-refractivity contribution is 5.23. The molecule has 1 aromatic heterocycles. The third-order valence-corrected chi connectivity index (χ3v) is 2.91. The number of likely N-dealkylation sites (N-methyl/N-ethyl adjacent to an activating group) is 1. The molecule has 0 radical (unpaired) electrons. The van der Waals surface area contributed by atoms with Gasteiger partial charge in [-0.05, 0) is 26.0 Å². The summed E-state index contributed by atoms with van der Waals surface area (Å²) < 4.78 is 7.47. The van der Waals surface area contributed by atoms with Crippen LogP contribution in [0.25, 0.3) is 0 Å². The largest absolute Gasteiger partial charge is 0.382 e. The lowest BCUT2D eigenvalue weighted by Crippen LogP contribution is -2.31. The van der Waals surface area contributed by atoms with E-state index in [0.717, 1.165) is 26.2 Å². The number of anilines is 1. The average molecular weight is 224 g/mol. The van der Waals surface area contributed by atoms with Crippen molar-refractivity contribution in [1.29, 1.82) is 0 Å². The average Bonchev–Trinajstić information content (AvgIpc) is 2.87. The molecule has 0 bridgehead atoms. The molecule has 0 aliphatic carbocycles. The van der Waals surface area contributed by atoms with Crippen molar-refractivity contribution >= 4 is 5.82 Å². The zero-order valence-electron chi connectivity index (χ0n) is 9.80. The second-order valence-electron chi connectivity index (χ2n) is 4.40. The lowest BCUT2D eigenvalue weighted by Gasteiger charge is -2.20. The predicted molar refractivity (Wildman–Crippen MR) is 63.1 cm³/mol. The number of ether oxygens (including phenoxy) is 1. The van der Waals surface area contributed by atoms with Crippen molar-refractivity contribution in [2.45, 2.75) is 25.5 Å². The van der Waals surface area contributed by atoms with Gasteiger partial charge < -0.3 is 15.4 Å². The second kappa shape index (κ2) is 5.32. The van der Waals surface area contributed by atoms with Gasteiger partial charge in [0.1, 0.15) is 5.82 Å². The maximum absolute atomic E-state index is 5.60. The van der Waals surface area contributed by atoms with Gasteiger partial charge in [-0.1, -0.05) is 0 Å². The van der Waals surface area contributed by atoms with Crippen LogP contribution >= 0.6 is 0 Å². The van der Waals surface area contributed by atoms with E-state index in [1.807, 2.05) is 16.9 Å². The van der Waals surface area contributed by atoms with Gasteiger partial charge in [0.15, 0.2) is 0 Å². The Hall–Kier alpha value is -1.07. The van der Waals surface area contributed by atoms with E-state index in [0.29, 0.717) is 11.9 Å². The van der Waals surface area contributed by atoms with Crippen LogP contribution in [0.3, 0.4) is 0 Å².